The number of ether oxygens (including phenoxy) is 1. The number of alkyl halides is 3. The molecule has 9 nitrogen and oxygen atoms in total. The molecule has 3 aromatic rings. The highest BCUT2D eigenvalue weighted by Crippen LogP contribution is 2.23. The Balaban J connectivity index is 0.000000406. The van der Waals surface area contributed by atoms with Crippen LogP contribution in [0.1, 0.15) is 16.9 Å². The lowest BCUT2D eigenvalue weighted by Gasteiger charge is -2.26. The van der Waals surface area contributed by atoms with E-state index in [2.05, 4.69) is 15.2 Å². The fourth-order valence-electron chi connectivity index (χ4n) is 3.46. The fourth-order valence-corrected chi connectivity index (χ4v) is 3.46. The first kappa shape index (κ1) is 25.2. The molecule has 0 bridgehead atoms. The average molecular weight is 481 g/mol. The summed E-state index contributed by atoms with van der Waals surface area (Å²) in [5.41, 5.74) is 2.29. The smallest absolute Gasteiger partial charge is 0.475 e. The van der Waals surface area contributed by atoms with Gasteiger partial charge in [-0.25, -0.2) is 9.78 Å². The molecule has 1 saturated heterocycles. The SMILES string of the molecule is Cn1ccc(-c2nc(C(=O)NCCCN3CCOCC3)c3ccccn23)c1.O=C(O)C(F)(F)F. The van der Waals surface area contributed by atoms with Gasteiger partial charge in [0.05, 0.1) is 18.7 Å². The van der Waals surface area contributed by atoms with Crippen LogP contribution in [0.25, 0.3) is 16.9 Å². The van der Waals surface area contributed by atoms with Crippen LogP contribution in [0.2, 0.25) is 0 Å². The highest BCUT2D eigenvalue weighted by Gasteiger charge is 2.38. The van der Waals surface area contributed by atoms with Crippen molar-refractivity contribution in [2.75, 3.05) is 39.4 Å². The minimum absolute atomic E-state index is 0.122. The molecule has 0 spiro atoms. The Bertz CT molecular complexity index is 1120. The van der Waals surface area contributed by atoms with Crippen LogP contribution in [0.4, 0.5) is 13.2 Å². The number of imidazole rings is 1. The molecule has 0 radical (unpaired) electrons. The summed E-state index contributed by atoms with van der Waals surface area (Å²) in [6, 6.07) is 7.82. The number of carbonyl (C=O) groups excluding carboxylic acids is 1. The van der Waals surface area contributed by atoms with E-state index in [1.807, 2.05) is 58.9 Å². The first-order valence-electron chi connectivity index (χ1n) is 10.6. The maximum absolute atomic E-state index is 12.7. The van der Waals surface area contributed by atoms with E-state index in [1.54, 1.807) is 0 Å². The second-order valence-electron chi connectivity index (χ2n) is 7.67. The van der Waals surface area contributed by atoms with Gasteiger partial charge in [-0.15, -0.1) is 0 Å². The van der Waals surface area contributed by atoms with Gasteiger partial charge in [0.15, 0.2) is 5.69 Å². The number of carboxylic acid groups (broad SMARTS) is 1. The van der Waals surface area contributed by atoms with Crippen molar-refractivity contribution in [3.63, 3.8) is 0 Å². The van der Waals surface area contributed by atoms with Crippen molar-refractivity contribution in [1.82, 2.24) is 24.2 Å². The third-order valence-corrected chi connectivity index (χ3v) is 5.14. The van der Waals surface area contributed by atoms with Crippen LogP contribution >= 0.6 is 0 Å². The van der Waals surface area contributed by atoms with Crippen LogP contribution in [0, 0.1) is 0 Å². The first-order chi connectivity index (χ1) is 16.2. The number of fused-ring (bicyclic) bond motifs is 1. The number of nitrogens with zero attached hydrogens (tertiary/aromatic N) is 4. The lowest BCUT2D eigenvalue weighted by Crippen LogP contribution is -2.38. The number of morpholine rings is 1. The molecule has 184 valence electrons. The summed E-state index contributed by atoms with van der Waals surface area (Å²) in [7, 11) is 1.97. The lowest BCUT2D eigenvalue weighted by atomic mass is 10.3. The molecule has 12 heteroatoms. The number of aliphatic carboxylic acids is 1. The normalized spacial score (nSPS) is 14.5. The standard InChI is InChI=1S/C20H25N5O2.C2HF3O2/c1-23-10-6-16(15-23)19-22-18(17-5-2-3-9-25(17)19)20(26)21-7-4-8-24-11-13-27-14-12-24;3-2(4,5)1(6)7/h2-3,5-6,9-10,15H,4,7-8,11-14H2,1H3,(H,21,26);(H,6,7). The Morgan fingerprint density at radius 3 is 2.50 bits per heavy atom. The van der Waals surface area contributed by atoms with E-state index in [0.717, 1.165) is 56.2 Å². The molecule has 1 aliphatic heterocycles. The third-order valence-electron chi connectivity index (χ3n) is 5.14. The van der Waals surface area contributed by atoms with Gasteiger partial charge in [0.25, 0.3) is 5.91 Å². The van der Waals surface area contributed by atoms with Crippen molar-refractivity contribution in [3.8, 4) is 11.4 Å². The van der Waals surface area contributed by atoms with Gasteiger partial charge in [-0.05, 0) is 31.2 Å². The Hall–Kier alpha value is -3.38. The van der Waals surface area contributed by atoms with Crippen LogP contribution in [0.15, 0.2) is 42.9 Å². The van der Waals surface area contributed by atoms with E-state index in [4.69, 9.17) is 14.6 Å². The summed E-state index contributed by atoms with van der Waals surface area (Å²) in [6.45, 7) is 5.16. The number of hydrogen-bond donors (Lipinski definition) is 2. The average Bonchev–Trinajstić information content (AvgIpc) is 3.41. The third kappa shape index (κ3) is 6.58. The largest absolute Gasteiger partial charge is 0.490 e. The monoisotopic (exact) mass is 481 g/mol. The molecule has 1 aliphatic rings. The first-order valence-corrected chi connectivity index (χ1v) is 10.6. The highest BCUT2D eigenvalue weighted by atomic mass is 19.4. The van der Waals surface area contributed by atoms with Gasteiger partial charge in [0.1, 0.15) is 5.82 Å². The molecule has 0 aromatic carbocycles. The Labute approximate surface area is 193 Å². The summed E-state index contributed by atoms with van der Waals surface area (Å²) in [4.78, 5) is 28.7. The fraction of sp³-hybridized carbons (Fsp3) is 0.409. The minimum atomic E-state index is -5.08. The second-order valence-corrected chi connectivity index (χ2v) is 7.67. The molecule has 0 atom stereocenters. The van der Waals surface area contributed by atoms with Gasteiger partial charge in [0, 0.05) is 50.8 Å². The van der Waals surface area contributed by atoms with Crippen molar-refractivity contribution < 1.29 is 32.6 Å². The summed E-state index contributed by atoms with van der Waals surface area (Å²) >= 11 is 0. The van der Waals surface area contributed by atoms with E-state index in [9.17, 15) is 18.0 Å². The molecular weight excluding hydrogens is 455 g/mol. The Kier molecular flexibility index (Phi) is 8.29. The van der Waals surface area contributed by atoms with Gasteiger partial charge >= 0.3 is 12.1 Å². The Morgan fingerprint density at radius 1 is 1.18 bits per heavy atom. The summed E-state index contributed by atoms with van der Waals surface area (Å²) in [6.07, 6.45) is 1.76. The zero-order valence-electron chi connectivity index (χ0n) is 18.6. The number of pyridine rings is 1. The number of amides is 1. The zero-order valence-corrected chi connectivity index (χ0v) is 18.6. The molecule has 2 N–H and O–H groups in total. The lowest BCUT2D eigenvalue weighted by molar-refractivity contribution is -0.192. The van der Waals surface area contributed by atoms with Crippen molar-refractivity contribution in [1.29, 1.82) is 0 Å². The molecule has 34 heavy (non-hydrogen) atoms. The summed E-state index contributed by atoms with van der Waals surface area (Å²) in [5.74, 6) is -2.10. The minimum Gasteiger partial charge on any atom is -0.475 e. The van der Waals surface area contributed by atoms with Crippen LogP contribution < -0.4 is 5.32 Å². The molecule has 0 saturated carbocycles. The number of carboxylic acids is 1. The molecule has 1 fully saturated rings. The van der Waals surface area contributed by atoms with Gasteiger partial charge in [-0.3, -0.25) is 14.1 Å². The van der Waals surface area contributed by atoms with E-state index in [1.165, 1.54) is 0 Å². The van der Waals surface area contributed by atoms with Crippen molar-refractivity contribution in [3.05, 3.63) is 48.5 Å². The predicted octanol–water partition coefficient (Wildman–Crippen LogP) is 2.43. The number of halogens is 3. The molecule has 4 rings (SSSR count). The van der Waals surface area contributed by atoms with Crippen LogP contribution in [-0.4, -0.2) is 81.4 Å². The molecule has 3 aromatic heterocycles. The molecule has 4 heterocycles. The van der Waals surface area contributed by atoms with Gasteiger partial charge in [0.2, 0.25) is 0 Å². The van der Waals surface area contributed by atoms with E-state index >= 15 is 0 Å². The number of nitrogens with one attached hydrogen (secondary N) is 1. The van der Waals surface area contributed by atoms with Gasteiger partial charge in [-0.1, -0.05) is 6.07 Å². The highest BCUT2D eigenvalue weighted by molar-refractivity contribution is 6.00. The van der Waals surface area contributed by atoms with Gasteiger partial charge < -0.3 is 19.7 Å². The zero-order chi connectivity index (χ0) is 24.7. The number of carbonyl (C=O) groups is 2. The molecule has 0 unspecified atom stereocenters. The molecule has 0 aliphatic carbocycles. The van der Waals surface area contributed by atoms with Crippen LogP contribution in [0.5, 0.6) is 0 Å². The quantitative estimate of drug-likeness (QED) is 0.525. The predicted molar refractivity (Wildman–Crippen MR) is 117 cm³/mol. The van der Waals surface area contributed by atoms with Crippen LogP contribution in [-0.2, 0) is 16.6 Å². The maximum atomic E-state index is 12.7. The Morgan fingerprint density at radius 2 is 1.88 bits per heavy atom. The number of rotatable bonds is 6. The second kappa shape index (κ2) is 11.2. The van der Waals surface area contributed by atoms with E-state index < -0.39 is 12.1 Å². The number of aryl methyl sites for hydroxylation is 1. The number of hydrogen-bond acceptors (Lipinski definition) is 5. The van der Waals surface area contributed by atoms with Crippen molar-refractivity contribution >= 4 is 17.4 Å². The summed E-state index contributed by atoms with van der Waals surface area (Å²) < 4.78 is 41.0. The number of aromatic nitrogens is 3. The van der Waals surface area contributed by atoms with E-state index in [0.29, 0.717) is 12.2 Å². The van der Waals surface area contributed by atoms with Crippen molar-refractivity contribution in [2.24, 2.45) is 7.05 Å². The van der Waals surface area contributed by atoms with E-state index in [-0.39, 0.29) is 5.91 Å². The van der Waals surface area contributed by atoms with Crippen molar-refractivity contribution in [2.45, 2.75) is 12.6 Å². The molecule has 1 amide bonds. The molecular formula is C22H26F3N5O4. The maximum Gasteiger partial charge on any atom is 0.490 e. The van der Waals surface area contributed by atoms with Gasteiger partial charge in [-0.2, -0.15) is 13.2 Å². The van der Waals surface area contributed by atoms with Crippen LogP contribution in [0.3, 0.4) is 0 Å². The summed E-state index contributed by atoms with van der Waals surface area (Å²) in [5, 5.41) is 10.1. The topological polar surface area (TPSA) is 101 Å².